The van der Waals surface area contributed by atoms with Crippen molar-refractivity contribution in [1.82, 2.24) is 10.3 Å². The van der Waals surface area contributed by atoms with E-state index in [1.807, 2.05) is 13.0 Å². The second-order valence-corrected chi connectivity index (χ2v) is 6.22. The first-order chi connectivity index (χ1) is 12.6. The second kappa shape index (κ2) is 7.95. The summed E-state index contributed by atoms with van der Waals surface area (Å²) in [6.45, 7) is 4.05. The van der Waals surface area contributed by atoms with Crippen LogP contribution in [0.1, 0.15) is 37.0 Å². The van der Waals surface area contributed by atoms with Gasteiger partial charge in [0, 0.05) is 11.6 Å². The fourth-order valence-corrected chi connectivity index (χ4v) is 2.86. The fourth-order valence-electron chi connectivity index (χ4n) is 2.86. The number of carbonyl (C=O) groups is 1. The Morgan fingerprint density at radius 3 is 2.58 bits per heavy atom. The largest absolute Gasteiger partial charge is 0.436 e. The van der Waals surface area contributed by atoms with Gasteiger partial charge in [-0.1, -0.05) is 37.6 Å². The molecule has 0 aliphatic rings. The number of nitrogens with one attached hydrogen (secondary N) is 1. The lowest BCUT2D eigenvalue weighted by Crippen LogP contribution is -2.32. The molecule has 3 aromatic rings. The van der Waals surface area contributed by atoms with E-state index in [0.717, 1.165) is 12.8 Å². The van der Waals surface area contributed by atoms with Crippen molar-refractivity contribution >= 4 is 5.91 Å². The van der Waals surface area contributed by atoms with Crippen LogP contribution in [-0.4, -0.2) is 16.9 Å². The van der Waals surface area contributed by atoms with Crippen molar-refractivity contribution in [1.29, 1.82) is 0 Å². The van der Waals surface area contributed by atoms with E-state index in [1.54, 1.807) is 36.4 Å². The summed E-state index contributed by atoms with van der Waals surface area (Å²) in [7, 11) is 0. The van der Waals surface area contributed by atoms with E-state index in [9.17, 15) is 9.18 Å². The zero-order valence-corrected chi connectivity index (χ0v) is 14.8. The number of carbonyl (C=O) groups excluding carboxylic acids is 1. The first-order valence-corrected chi connectivity index (χ1v) is 8.71. The van der Waals surface area contributed by atoms with Gasteiger partial charge < -0.3 is 9.73 Å². The second-order valence-electron chi connectivity index (χ2n) is 6.22. The molecule has 3 rings (SSSR count). The third-order valence-electron chi connectivity index (χ3n) is 4.15. The van der Waals surface area contributed by atoms with Crippen LogP contribution < -0.4 is 5.32 Å². The number of hydrogen-bond acceptors (Lipinski definition) is 3. The summed E-state index contributed by atoms with van der Waals surface area (Å²) in [6, 6.07) is 13.5. The molecule has 1 heterocycles. The minimum absolute atomic E-state index is 0.0825. The molecule has 134 valence electrons. The summed E-state index contributed by atoms with van der Waals surface area (Å²) in [5, 5.41) is 2.99. The van der Waals surface area contributed by atoms with Crippen LogP contribution in [0.4, 0.5) is 4.39 Å². The van der Waals surface area contributed by atoms with Crippen LogP contribution in [0.3, 0.4) is 0 Å². The average molecular weight is 352 g/mol. The van der Waals surface area contributed by atoms with Gasteiger partial charge in [-0.05, 0) is 37.6 Å². The molecule has 4 nitrogen and oxygen atoms in total. The fraction of sp³-hybridized carbons (Fsp3) is 0.238. The van der Waals surface area contributed by atoms with Crippen LogP contribution in [-0.2, 0) is 0 Å². The molecule has 0 saturated carbocycles. The number of nitrogens with zero attached hydrogens (tertiary/aromatic N) is 1. The smallest absolute Gasteiger partial charge is 0.252 e. The van der Waals surface area contributed by atoms with E-state index in [-0.39, 0.29) is 23.7 Å². The lowest BCUT2D eigenvalue weighted by Gasteiger charge is -2.14. The van der Waals surface area contributed by atoms with Crippen molar-refractivity contribution in [2.75, 3.05) is 0 Å². The molecule has 1 atom stereocenters. The molecule has 0 aliphatic carbocycles. The molecule has 0 fully saturated rings. The highest BCUT2D eigenvalue weighted by molar-refractivity contribution is 6.00. The van der Waals surface area contributed by atoms with Crippen molar-refractivity contribution in [3.8, 4) is 22.8 Å². The summed E-state index contributed by atoms with van der Waals surface area (Å²) >= 11 is 0. The Morgan fingerprint density at radius 2 is 1.85 bits per heavy atom. The van der Waals surface area contributed by atoms with E-state index < -0.39 is 0 Å². The van der Waals surface area contributed by atoms with Crippen LogP contribution in [0.15, 0.2) is 59.1 Å². The van der Waals surface area contributed by atoms with E-state index in [4.69, 9.17) is 4.42 Å². The highest BCUT2D eigenvalue weighted by atomic mass is 19.1. The lowest BCUT2D eigenvalue weighted by atomic mass is 10.1. The van der Waals surface area contributed by atoms with Gasteiger partial charge in [-0.3, -0.25) is 4.79 Å². The quantitative estimate of drug-likeness (QED) is 0.674. The molecule has 0 spiro atoms. The number of rotatable bonds is 6. The molecule has 1 aromatic heterocycles. The van der Waals surface area contributed by atoms with Gasteiger partial charge in [0.1, 0.15) is 5.82 Å². The summed E-state index contributed by atoms with van der Waals surface area (Å²) in [5.74, 6) is 0.0617. The average Bonchev–Trinajstić information content (AvgIpc) is 3.12. The van der Waals surface area contributed by atoms with Gasteiger partial charge in [0.2, 0.25) is 5.89 Å². The SMILES string of the molecule is CCCC(C)NC(=O)c1ccccc1-c1ncc(-c2ccccc2F)o1. The third kappa shape index (κ3) is 3.82. The Morgan fingerprint density at radius 1 is 1.15 bits per heavy atom. The Bertz CT molecular complexity index is 904. The van der Waals surface area contributed by atoms with Crippen LogP contribution in [0.5, 0.6) is 0 Å². The molecular formula is C21H21FN2O2. The van der Waals surface area contributed by atoms with Gasteiger partial charge in [0.05, 0.1) is 17.3 Å². The summed E-state index contributed by atoms with van der Waals surface area (Å²) < 4.78 is 19.7. The van der Waals surface area contributed by atoms with Gasteiger partial charge in [0.15, 0.2) is 5.76 Å². The minimum atomic E-state index is -0.380. The Kier molecular flexibility index (Phi) is 5.46. The molecule has 1 amide bonds. The molecule has 1 unspecified atom stereocenters. The van der Waals surface area contributed by atoms with Gasteiger partial charge >= 0.3 is 0 Å². The van der Waals surface area contributed by atoms with Gasteiger partial charge in [0.25, 0.3) is 5.91 Å². The van der Waals surface area contributed by atoms with Gasteiger partial charge in [-0.25, -0.2) is 9.37 Å². The number of amides is 1. The molecule has 2 aromatic carbocycles. The van der Waals surface area contributed by atoms with Crippen LogP contribution >= 0.6 is 0 Å². The molecule has 1 N–H and O–H groups in total. The van der Waals surface area contributed by atoms with Gasteiger partial charge in [-0.15, -0.1) is 0 Å². The molecule has 0 aliphatic heterocycles. The van der Waals surface area contributed by atoms with Crippen molar-refractivity contribution in [3.63, 3.8) is 0 Å². The number of benzene rings is 2. The van der Waals surface area contributed by atoms with E-state index in [2.05, 4.69) is 17.2 Å². The molecular weight excluding hydrogens is 331 g/mol. The monoisotopic (exact) mass is 352 g/mol. The highest BCUT2D eigenvalue weighted by Crippen LogP contribution is 2.29. The first-order valence-electron chi connectivity index (χ1n) is 8.71. The number of aromatic nitrogens is 1. The number of hydrogen-bond donors (Lipinski definition) is 1. The predicted molar refractivity (Wildman–Crippen MR) is 99.2 cm³/mol. The zero-order chi connectivity index (χ0) is 18.5. The Hall–Kier alpha value is -2.95. The summed E-state index contributed by atoms with van der Waals surface area (Å²) in [6.07, 6.45) is 3.38. The third-order valence-corrected chi connectivity index (χ3v) is 4.15. The van der Waals surface area contributed by atoms with Crippen molar-refractivity contribution in [2.45, 2.75) is 32.7 Å². The Balaban J connectivity index is 1.91. The first kappa shape index (κ1) is 17.9. The molecule has 0 radical (unpaired) electrons. The van der Waals surface area contributed by atoms with E-state index in [0.29, 0.717) is 22.5 Å². The predicted octanol–water partition coefficient (Wildman–Crippen LogP) is 5.07. The maximum absolute atomic E-state index is 14.0. The van der Waals surface area contributed by atoms with Crippen LogP contribution in [0.25, 0.3) is 22.8 Å². The molecule has 0 saturated heterocycles. The molecule has 0 bridgehead atoms. The zero-order valence-electron chi connectivity index (χ0n) is 14.8. The maximum atomic E-state index is 14.0. The van der Waals surface area contributed by atoms with E-state index >= 15 is 0 Å². The maximum Gasteiger partial charge on any atom is 0.252 e. The minimum Gasteiger partial charge on any atom is -0.436 e. The normalized spacial score (nSPS) is 12.0. The molecule has 26 heavy (non-hydrogen) atoms. The number of halogens is 1. The van der Waals surface area contributed by atoms with Crippen molar-refractivity contribution in [3.05, 3.63) is 66.1 Å². The molecule has 5 heteroatoms. The van der Waals surface area contributed by atoms with Gasteiger partial charge in [-0.2, -0.15) is 0 Å². The lowest BCUT2D eigenvalue weighted by molar-refractivity contribution is 0.0938. The van der Waals surface area contributed by atoms with E-state index in [1.165, 1.54) is 12.3 Å². The highest BCUT2D eigenvalue weighted by Gasteiger charge is 2.18. The Labute approximate surface area is 152 Å². The standard InChI is InChI=1S/C21H21FN2O2/c1-3-8-14(2)24-20(25)15-9-4-5-10-16(15)21-23-13-19(26-21)17-11-6-7-12-18(17)22/h4-7,9-14H,3,8H2,1-2H3,(H,24,25). The van der Waals surface area contributed by atoms with Crippen LogP contribution in [0, 0.1) is 5.82 Å². The topological polar surface area (TPSA) is 55.1 Å². The number of oxazole rings is 1. The van der Waals surface area contributed by atoms with Crippen molar-refractivity contribution < 1.29 is 13.6 Å². The summed E-state index contributed by atoms with van der Waals surface area (Å²) in [5.41, 5.74) is 1.40. The summed E-state index contributed by atoms with van der Waals surface area (Å²) in [4.78, 5) is 16.9. The van der Waals surface area contributed by atoms with Crippen molar-refractivity contribution in [2.24, 2.45) is 0 Å². The van der Waals surface area contributed by atoms with Crippen LogP contribution in [0.2, 0.25) is 0 Å².